The summed E-state index contributed by atoms with van der Waals surface area (Å²) in [5, 5.41) is 25.3. The topological polar surface area (TPSA) is 107 Å². The minimum absolute atomic E-state index is 0.0127. The number of nitrogens with one attached hydrogen (secondary N) is 1. The van der Waals surface area contributed by atoms with Crippen LogP contribution in [0.5, 0.6) is 0 Å². The van der Waals surface area contributed by atoms with Gasteiger partial charge in [-0.1, -0.05) is 29.4 Å². The Balaban J connectivity index is 1.82. The van der Waals surface area contributed by atoms with E-state index < -0.39 is 15.7 Å². The molecule has 2 saturated carbocycles. The summed E-state index contributed by atoms with van der Waals surface area (Å²) in [7, 11) is -4.01. The molecule has 0 spiro atoms. The van der Waals surface area contributed by atoms with Crippen LogP contribution in [0, 0.1) is 11.3 Å². The highest BCUT2D eigenvalue weighted by Crippen LogP contribution is 2.56. The van der Waals surface area contributed by atoms with E-state index in [2.05, 4.69) is 0 Å². The van der Waals surface area contributed by atoms with Gasteiger partial charge in [0.15, 0.2) is 5.72 Å². The van der Waals surface area contributed by atoms with Crippen LogP contribution in [0.1, 0.15) is 31.2 Å². The van der Waals surface area contributed by atoms with Crippen molar-refractivity contribution in [2.45, 2.75) is 47.7 Å². The maximum atomic E-state index is 11.8. The highest BCUT2D eigenvalue weighted by atomic mass is 35.5. The summed E-state index contributed by atoms with van der Waals surface area (Å²) in [5.41, 5.74) is -1.27. The van der Waals surface area contributed by atoms with Crippen LogP contribution >= 0.6 is 23.4 Å². The Morgan fingerprint density at radius 2 is 2.00 bits per heavy atom. The van der Waals surface area contributed by atoms with Crippen LogP contribution in [-0.2, 0) is 15.7 Å². The second-order valence-corrected chi connectivity index (χ2v) is 9.74. The molecular weight excluding hydrogens is 370 g/mol. The molecule has 0 aromatic heterocycles. The maximum Gasteiger partial charge on any atom is 0.239 e. The molecule has 1 heterocycles. The van der Waals surface area contributed by atoms with Crippen molar-refractivity contribution in [1.82, 2.24) is 4.90 Å². The molecule has 1 aromatic rings. The number of thioether (sulfide) groups is 1. The lowest BCUT2D eigenvalue weighted by Gasteiger charge is -2.36. The van der Waals surface area contributed by atoms with Gasteiger partial charge in [0.25, 0.3) is 0 Å². The molecule has 9 heteroatoms. The van der Waals surface area contributed by atoms with Gasteiger partial charge in [-0.05, 0) is 43.7 Å². The van der Waals surface area contributed by atoms with Crippen molar-refractivity contribution in [3.8, 4) is 0 Å². The fraction of sp³-hybridized carbons (Fsp3) is 0.533. The molecule has 4 rings (SSSR count). The van der Waals surface area contributed by atoms with E-state index in [0.717, 1.165) is 25.7 Å². The summed E-state index contributed by atoms with van der Waals surface area (Å²) >= 11 is 7.33. The van der Waals surface area contributed by atoms with Crippen LogP contribution in [0.4, 0.5) is 0 Å². The standard InChI is InChI=1S/C15H18ClN3O3S2/c16-11-6-3-9(7-12(11)24(18,21)22)15(20)14(17)23-13(8-1-2-8)19(15)10-4-5-10/h3,6-8,10,13,17,20H,1-2,4-5H2,(H2,18,21,22). The average Bonchev–Trinajstić information content (AvgIpc) is 3.38. The Kier molecular flexibility index (Phi) is 3.80. The van der Waals surface area contributed by atoms with Crippen molar-refractivity contribution in [2.75, 3.05) is 0 Å². The molecule has 4 N–H and O–H groups in total. The third-order valence-electron chi connectivity index (χ3n) is 4.81. The van der Waals surface area contributed by atoms with Crippen LogP contribution in [0.15, 0.2) is 23.1 Å². The first kappa shape index (κ1) is 16.8. The minimum Gasteiger partial charge on any atom is -0.366 e. The fourth-order valence-corrected chi connectivity index (χ4v) is 5.91. The van der Waals surface area contributed by atoms with Gasteiger partial charge in [0.2, 0.25) is 10.0 Å². The van der Waals surface area contributed by atoms with Gasteiger partial charge in [-0.3, -0.25) is 10.3 Å². The van der Waals surface area contributed by atoms with Crippen molar-refractivity contribution in [3.05, 3.63) is 28.8 Å². The molecule has 2 atom stereocenters. The molecule has 6 nitrogen and oxygen atoms in total. The van der Waals surface area contributed by atoms with Crippen molar-refractivity contribution in [3.63, 3.8) is 0 Å². The van der Waals surface area contributed by atoms with E-state index in [0.29, 0.717) is 11.5 Å². The second-order valence-electron chi connectivity index (χ2n) is 6.68. The van der Waals surface area contributed by atoms with Gasteiger partial charge < -0.3 is 5.11 Å². The third kappa shape index (κ3) is 2.60. The van der Waals surface area contributed by atoms with Crippen molar-refractivity contribution in [1.29, 1.82) is 5.41 Å². The zero-order valence-electron chi connectivity index (χ0n) is 12.8. The van der Waals surface area contributed by atoms with Gasteiger partial charge in [0.05, 0.1) is 10.4 Å². The Hall–Kier alpha value is -0.640. The summed E-state index contributed by atoms with van der Waals surface area (Å²) < 4.78 is 23.5. The van der Waals surface area contributed by atoms with E-state index in [1.54, 1.807) is 6.07 Å². The number of halogens is 1. The van der Waals surface area contributed by atoms with E-state index in [9.17, 15) is 13.5 Å². The van der Waals surface area contributed by atoms with Crippen LogP contribution in [0.2, 0.25) is 5.02 Å². The number of hydrogen-bond acceptors (Lipinski definition) is 6. The highest BCUT2D eigenvalue weighted by molar-refractivity contribution is 8.14. The van der Waals surface area contributed by atoms with E-state index in [4.69, 9.17) is 22.1 Å². The number of nitrogens with two attached hydrogens (primary N) is 1. The van der Waals surface area contributed by atoms with Crippen LogP contribution in [-0.4, -0.2) is 34.9 Å². The molecule has 24 heavy (non-hydrogen) atoms. The molecule has 3 fully saturated rings. The van der Waals surface area contributed by atoms with E-state index >= 15 is 0 Å². The molecule has 1 saturated heterocycles. The van der Waals surface area contributed by atoms with Gasteiger partial charge in [-0.2, -0.15) is 0 Å². The lowest BCUT2D eigenvalue weighted by molar-refractivity contribution is -0.0637. The first-order chi connectivity index (χ1) is 11.2. The number of aliphatic hydroxyl groups is 1. The summed E-state index contributed by atoms with van der Waals surface area (Å²) in [4.78, 5) is 1.77. The summed E-state index contributed by atoms with van der Waals surface area (Å²) in [6.07, 6.45) is 4.17. The Morgan fingerprint density at radius 1 is 1.33 bits per heavy atom. The van der Waals surface area contributed by atoms with Crippen molar-refractivity contribution >= 4 is 38.4 Å². The number of rotatable bonds is 4. The number of sulfonamides is 1. The van der Waals surface area contributed by atoms with Crippen LogP contribution in [0.3, 0.4) is 0 Å². The lowest BCUT2D eigenvalue weighted by Crippen LogP contribution is -2.49. The first-order valence-corrected chi connectivity index (χ1v) is 10.6. The van der Waals surface area contributed by atoms with Gasteiger partial charge in [0, 0.05) is 11.6 Å². The van der Waals surface area contributed by atoms with Crippen molar-refractivity contribution < 1.29 is 13.5 Å². The summed E-state index contributed by atoms with van der Waals surface area (Å²) in [6.45, 7) is 0. The number of primary sulfonamides is 1. The third-order valence-corrected chi connectivity index (χ3v) is 7.58. The molecular formula is C15H18ClN3O3S2. The fourth-order valence-electron chi connectivity index (χ4n) is 3.31. The average molecular weight is 388 g/mol. The van der Waals surface area contributed by atoms with Crippen LogP contribution < -0.4 is 5.14 Å². The molecule has 3 aliphatic rings. The normalized spacial score (nSPS) is 31.6. The summed E-state index contributed by atoms with van der Waals surface area (Å²) in [6, 6.07) is 4.53. The Labute approximate surface area is 149 Å². The number of hydrogen-bond donors (Lipinski definition) is 3. The van der Waals surface area contributed by atoms with Gasteiger partial charge in [0.1, 0.15) is 9.94 Å². The molecule has 1 aliphatic heterocycles. The van der Waals surface area contributed by atoms with Crippen molar-refractivity contribution in [2.24, 2.45) is 11.1 Å². The maximum absolute atomic E-state index is 11.8. The molecule has 0 radical (unpaired) electrons. The predicted molar refractivity (Wildman–Crippen MR) is 93.4 cm³/mol. The Bertz CT molecular complexity index is 823. The molecule has 1 aromatic carbocycles. The van der Waals surface area contributed by atoms with E-state index in [1.165, 1.54) is 23.9 Å². The predicted octanol–water partition coefficient (Wildman–Crippen LogP) is 2.06. The number of benzene rings is 1. The Morgan fingerprint density at radius 3 is 2.54 bits per heavy atom. The molecule has 2 unspecified atom stereocenters. The first-order valence-electron chi connectivity index (χ1n) is 7.82. The monoisotopic (exact) mass is 387 g/mol. The summed E-state index contributed by atoms with van der Waals surface area (Å²) in [5.74, 6) is 0.481. The van der Waals surface area contributed by atoms with Gasteiger partial charge in [-0.15, -0.1) is 0 Å². The molecule has 130 valence electrons. The second kappa shape index (κ2) is 5.43. The van der Waals surface area contributed by atoms with Crippen LogP contribution in [0.25, 0.3) is 0 Å². The minimum atomic E-state index is -4.01. The smallest absolute Gasteiger partial charge is 0.239 e. The van der Waals surface area contributed by atoms with E-state index in [-0.39, 0.29) is 26.4 Å². The molecule has 2 aliphatic carbocycles. The molecule has 0 amide bonds. The zero-order chi connectivity index (χ0) is 17.3. The number of nitrogens with zero attached hydrogens (tertiary/aromatic N) is 1. The zero-order valence-corrected chi connectivity index (χ0v) is 15.2. The molecule has 0 bridgehead atoms. The SMILES string of the molecule is N=C1SC(C2CC2)N(C2CC2)C1(O)c1ccc(Cl)c(S(N)(=O)=O)c1. The van der Waals surface area contributed by atoms with Gasteiger partial charge >= 0.3 is 0 Å². The highest BCUT2D eigenvalue weighted by Gasteiger charge is 2.59. The van der Waals surface area contributed by atoms with E-state index in [1.807, 2.05) is 4.90 Å². The quantitative estimate of drug-likeness (QED) is 0.732. The van der Waals surface area contributed by atoms with Gasteiger partial charge in [-0.25, -0.2) is 13.6 Å². The lowest BCUT2D eigenvalue weighted by atomic mass is 10.0. The largest absolute Gasteiger partial charge is 0.366 e.